The maximum Gasteiger partial charge on any atom is 0.235 e. The van der Waals surface area contributed by atoms with E-state index in [1.165, 1.54) is 0 Å². The van der Waals surface area contributed by atoms with Crippen LogP contribution in [-0.4, -0.2) is 76.5 Å². The molecular weight excluding hydrogens is 438 g/mol. The number of ether oxygens (including phenoxy) is 3. The maximum atomic E-state index is 13.6. The number of morpholine rings is 1. The summed E-state index contributed by atoms with van der Waals surface area (Å²) in [6.45, 7) is 5.28. The SMILES string of the molecule is O=C(c1ccc2c(c1)OCCO2)c1c(O)c(O)n(CCCN2CCOCC2)c1-c1ccncc1. The first-order valence-corrected chi connectivity index (χ1v) is 11.4. The van der Waals surface area contributed by atoms with E-state index in [1.54, 1.807) is 47.3 Å². The number of hydrogen-bond donors (Lipinski definition) is 2. The first-order valence-electron chi connectivity index (χ1n) is 11.4. The van der Waals surface area contributed by atoms with Gasteiger partial charge in [0.2, 0.25) is 5.88 Å². The lowest BCUT2D eigenvalue weighted by atomic mass is 9.99. The number of fused-ring (bicyclic) bond motifs is 1. The van der Waals surface area contributed by atoms with E-state index in [1.807, 2.05) is 0 Å². The topological polar surface area (TPSA) is 106 Å². The van der Waals surface area contributed by atoms with Gasteiger partial charge in [0.05, 0.1) is 24.5 Å². The van der Waals surface area contributed by atoms with Gasteiger partial charge in [0.25, 0.3) is 0 Å². The average Bonchev–Trinajstić information content (AvgIpc) is 3.14. The summed E-state index contributed by atoms with van der Waals surface area (Å²) >= 11 is 0. The van der Waals surface area contributed by atoms with E-state index >= 15 is 0 Å². The molecule has 0 saturated carbocycles. The van der Waals surface area contributed by atoms with Crippen LogP contribution in [0, 0.1) is 0 Å². The van der Waals surface area contributed by atoms with E-state index in [0.717, 1.165) is 26.1 Å². The normalized spacial score (nSPS) is 15.9. The van der Waals surface area contributed by atoms with Crippen LogP contribution in [0.25, 0.3) is 11.3 Å². The van der Waals surface area contributed by atoms with Gasteiger partial charge in [0, 0.05) is 49.7 Å². The first-order chi connectivity index (χ1) is 16.6. The highest BCUT2D eigenvalue weighted by molar-refractivity contribution is 6.15. The predicted octanol–water partition coefficient (Wildman–Crippen LogP) is 2.69. The van der Waals surface area contributed by atoms with E-state index in [9.17, 15) is 15.0 Å². The Kier molecular flexibility index (Phi) is 6.37. The van der Waals surface area contributed by atoms with Crippen LogP contribution >= 0.6 is 0 Å². The highest BCUT2D eigenvalue weighted by Crippen LogP contribution is 2.43. The summed E-state index contributed by atoms with van der Waals surface area (Å²) in [6, 6.07) is 8.45. The molecule has 1 aromatic carbocycles. The summed E-state index contributed by atoms with van der Waals surface area (Å²) in [7, 11) is 0. The molecule has 0 aliphatic carbocycles. The van der Waals surface area contributed by atoms with Crippen LogP contribution in [0.4, 0.5) is 0 Å². The lowest BCUT2D eigenvalue weighted by Crippen LogP contribution is -2.37. The molecule has 4 heterocycles. The average molecular weight is 466 g/mol. The molecule has 9 heteroatoms. The van der Waals surface area contributed by atoms with Crippen molar-refractivity contribution in [2.45, 2.75) is 13.0 Å². The van der Waals surface area contributed by atoms with Gasteiger partial charge in [-0.15, -0.1) is 0 Å². The number of aromatic nitrogens is 2. The van der Waals surface area contributed by atoms with Crippen molar-refractivity contribution in [1.29, 1.82) is 0 Å². The molecule has 0 bridgehead atoms. The molecule has 9 nitrogen and oxygen atoms in total. The molecule has 2 N–H and O–H groups in total. The Balaban J connectivity index is 1.50. The largest absolute Gasteiger partial charge is 0.503 e. The zero-order valence-electron chi connectivity index (χ0n) is 18.8. The molecule has 2 aliphatic rings. The van der Waals surface area contributed by atoms with E-state index < -0.39 is 11.5 Å². The number of pyridine rings is 1. The summed E-state index contributed by atoms with van der Waals surface area (Å²) in [4.78, 5) is 20.0. The highest BCUT2D eigenvalue weighted by atomic mass is 16.6. The number of carbonyl (C=O) groups excluding carboxylic acids is 1. The second-order valence-corrected chi connectivity index (χ2v) is 8.28. The lowest BCUT2D eigenvalue weighted by molar-refractivity contribution is 0.0369. The molecule has 34 heavy (non-hydrogen) atoms. The van der Waals surface area contributed by atoms with Gasteiger partial charge in [-0.3, -0.25) is 14.7 Å². The third-order valence-electron chi connectivity index (χ3n) is 6.16. The monoisotopic (exact) mass is 465 g/mol. The number of nitrogens with zero attached hydrogens (tertiary/aromatic N) is 3. The van der Waals surface area contributed by atoms with Crippen molar-refractivity contribution < 1.29 is 29.2 Å². The highest BCUT2D eigenvalue weighted by Gasteiger charge is 2.30. The quantitative estimate of drug-likeness (QED) is 0.513. The Morgan fingerprint density at radius 1 is 0.941 bits per heavy atom. The van der Waals surface area contributed by atoms with Crippen LogP contribution in [-0.2, 0) is 11.3 Å². The fraction of sp³-hybridized carbons (Fsp3) is 0.360. The number of hydrogen-bond acceptors (Lipinski definition) is 8. The third kappa shape index (κ3) is 4.32. The van der Waals surface area contributed by atoms with E-state index in [4.69, 9.17) is 14.2 Å². The number of rotatable bonds is 7. The van der Waals surface area contributed by atoms with Gasteiger partial charge in [0.15, 0.2) is 23.0 Å². The van der Waals surface area contributed by atoms with Crippen molar-refractivity contribution in [2.75, 3.05) is 46.1 Å². The Hall–Kier alpha value is -3.56. The van der Waals surface area contributed by atoms with Crippen molar-refractivity contribution in [3.05, 3.63) is 53.9 Å². The van der Waals surface area contributed by atoms with Crippen molar-refractivity contribution in [3.8, 4) is 34.4 Å². The molecule has 0 amide bonds. The van der Waals surface area contributed by atoms with Crippen molar-refractivity contribution >= 4 is 5.78 Å². The molecule has 0 unspecified atom stereocenters. The lowest BCUT2D eigenvalue weighted by Gasteiger charge is -2.26. The van der Waals surface area contributed by atoms with Gasteiger partial charge < -0.3 is 29.0 Å². The molecule has 2 aliphatic heterocycles. The molecule has 178 valence electrons. The molecule has 3 aromatic rings. The number of benzene rings is 1. The van der Waals surface area contributed by atoms with Gasteiger partial charge >= 0.3 is 0 Å². The fourth-order valence-corrected chi connectivity index (χ4v) is 4.44. The minimum absolute atomic E-state index is 0.0479. The van der Waals surface area contributed by atoms with Gasteiger partial charge in [0.1, 0.15) is 13.2 Å². The Bertz CT molecular complexity index is 1170. The first kappa shape index (κ1) is 22.2. The number of ketones is 1. The van der Waals surface area contributed by atoms with Gasteiger partial charge in [-0.1, -0.05) is 0 Å². The summed E-state index contributed by atoms with van der Waals surface area (Å²) in [6.07, 6.45) is 3.97. The van der Waals surface area contributed by atoms with Crippen LogP contribution in [0.1, 0.15) is 22.3 Å². The standard InChI is InChI=1S/C25H27N3O6/c29-23(18-2-3-19-20(16-18)34-15-14-33-19)21-22(17-4-6-26-7-5-17)28(25(31)24(21)30)9-1-8-27-10-12-32-13-11-27/h2-7,16,30-31H,1,8-15H2. The van der Waals surface area contributed by atoms with Crippen molar-refractivity contribution in [1.82, 2.24) is 14.5 Å². The molecule has 1 fully saturated rings. The molecule has 0 atom stereocenters. The molecule has 0 radical (unpaired) electrons. The van der Waals surface area contributed by atoms with Crippen LogP contribution in [0.5, 0.6) is 23.1 Å². The van der Waals surface area contributed by atoms with Crippen LogP contribution in [0.15, 0.2) is 42.7 Å². The maximum absolute atomic E-state index is 13.6. The van der Waals surface area contributed by atoms with E-state index in [0.29, 0.717) is 61.3 Å². The molecule has 0 spiro atoms. The predicted molar refractivity (Wildman–Crippen MR) is 124 cm³/mol. The zero-order chi connectivity index (χ0) is 23.5. The third-order valence-corrected chi connectivity index (χ3v) is 6.16. The minimum atomic E-state index is -0.432. The second kappa shape index (κ2) is 9.74. The Morgan fingerprint density at radius 2 is 1.68 bits per heavy atom. The summed E-state index contributed by atoms with van der Waals surface area (Å²) in [5, 5.41) is 21.7. The minimum Gasteiger partial charge on any atom is -0.503 e. The van der Waals surface area contributed by atoms with Crippen molar-refractivity contribution in [3.63, 3.8) is 0 Å². The van der Waals surface area contributed by atoms with Gasteiger partial charge in [-0.25, -0.2) is 0 Å². The van der Waals surface area contributed by atoms with Gasteiger partial charge in [-0.2, -0.15) is 0 Å². The van der Waals surface area contributed by atoms with Crippen molar-refractivity contribution in [2.24, 2.45) is 0 Å². The molecule has 5 rings (SSSR count). The molecule has 1 saturated heterocycles. The Labute approximate surface area is 197 Å². The zero-order valence-corrected chi connectivity index (χ0v) is 18.8. The number of aromatic hydroxyl groups is 2. The molecular formula is C25H27N3O6. The summed E-state index contributed by atoms with van der Waals surface area (Å²) in [5.41, 5.74) is 1.52. The van der Waals surface area contributed by atoms with Gasteiger partial charge in [-0.05, 0) is 36.8 Å². The van der Waals surface area contributed by atoms with Crippen LogP contribution in [0.3, 0.4) is 0 Å². The summed E-state index contributed by atoms with van der Waals surface area (Å²) < 4.78 is 18.2. The van der Waals surface area contributed by atoms with E-state index in [-0.39, 0.29) is 11.4 Å². The second-order valence-electron chi connectivity index (χ2n) is 8.28. The summed E-state index contributed by atoms with van der Waals surface area (Å²) in [5.74, 6) is -0.114. The fourth-order valence-electron chi connectivity index (χ4n) is 4.44. The molecule has 2 aromatic heterocycles. The Morgan fingerprint density at radius 3 is 2.44 bits per heavy atom. The number of carbonyl (C=O) groups is 1. The smallest absolute Gasteiger partial charge is 0.235 e. The van der Waals surface area contributed by atoms with Crippen LogP contribution < -0.4 is 9.47 Å². The van der Waals surface area contributed by atoms with Crippen LogP contribution in [0.2, 0.25) is 0 Å². The van der Waals surface area contributed by atoms with E-state index in [2.05, 4.69) is 9.88 Å².